The molecule has 0 radical (unpaired) electrons. The maximum absolute atomic E-state index is 5.54. The second-order valence-electron chi connectivity index (χ2n) is 3.64. The Bertz CT molecular complexity index is 328. The smallest absolute Gasteiger partial charge is 0.219 e. The third-order valence-electron chi connectivity index (χ3n) is 2.24. The maximum Gasteiger partial charge on any atom is 0.219 e. The predicted molar refractivity (Wildman–Crippen MR) is 74.6 cm³/mol. The zero-order chi connectivity index (χ0) is 13.2. The minimum absolute atomic E-state index is 0.512. The molecule has 5 nitrogen and oxygen atoms in total. The first-order valence-corrected chi connectivity index (χ1v) is 7.34. The van der Waals surface area contributed by atoms with Gasteiger partial charge in [-0.2, -0.15) is 4.98 Å². The molecule has 0 saturated heterocycles. The maximum atomic E-state index is 5.54. The van der Waals surface area contributed by atoms with Crippen molar-refractivity contribution in [3.63, 3.8) is 0 Å². The number of ether oxygens (including phenoxy) is 2. The quantitative estimate of drug-likeness (QED) is 0.423. The highest BCUT2D eigenvalue weighted by Crippen LogP contribution is 2.18. The van der Waals surface area contributed by atoms with Gasteiger partial charge in [0.15, 0.2) is 5.16 Å². The van der Waals surface area contributed by atoms with E-state index < -0.39 is 0 Å². The van der Waals surface area contributed by atoms with Crippen LogP contribution in [-0.2, 0) is 4.74 Å². The van der Waals surface area contributed by atoms with Gasteiger partial charge in [-0.05, 0) is 12.7 Å². The van der Waals surface area contributed by atoms with Crippen LogP contribution in [0.25, 0.3) is 0 Å². The zero-order valence-electron chi connectivity index (χ0n) is 11.2. The van der Waals surface area contributed by atoms with Gasteiger partial charge < -0.3 is 14.8 Å². The standard InChI is InChI=1S/C12H21N3O2S/c1-4-5-6-16-7-8-17-11-9-10(13-2)14-12(15-11)18-3/h9H,4-8H2,1-3H3,(H,13,14,15). The number of nitrogens with one attached hydrogen (secondary N) is 1. The Morgan fingerprint density at radius 3 is 2.78 bits per heavy atom. The van der Waals surface area contributed by atoms with Crippen LogP contribution in [-0.4, -0.2) is 43.1 Å². The number of rotatable bonds is 9. The van der Waals surface area contributed by atoms with Crippen molar-refractivity contribution >= 4 is 17.6 Å². The largest absolute Gasteiger partial charge is 0.475 e. The van der Waals surface area contributed by atoms with Crippen molar-refractivity contribution in [2.24, 2.45) is 0 Å². The summed E-state index contributed by atoms with van der Waals surface area (Å²) in [5, 5.41) is 3.68. The molecule has 0 aliphatic rings. The Labute approximate surface area is 113 Å². The lowest BCUT2D eigenvalue weighted by Gasteiger charge is -2.08. The molecule has 1 aromatic heterocycles. The van der Waals surface area contributed by atoms with Crippen molar-refractivity contribution < 1.29 is 9.47 Å². The van der Waals surface area contributed by atoms with E-state index in [-0.39, 0.29) is 0 Å². The molecule has 102 valence electrons. The fraction of sp³-hybridized carbons (Fsp3) is 0.667. The predicted octanol–water partition coefficient (Wildman–Crippen LogP) is 2.44. The number of thioether (sulfide) groups is 1. The summed E-state index contributed by atoms with van der Waals surface area (Å²) < 4.78 is 11.0. The molecule has 1 aromatic rings. The zero-order valence-corrected chi connectivity index (χ0v) is 12.0. The van der Waals surface area contributed by atoms with Gasteiger partial charge in [0.2, 0.25) is 5.88 Å². The van der Waals surface area contributed by atoms with E-state index in [0.29, 0.717) is 24.3 Å². The van der Waals surface area contributed by atoms with Gasteiger partial charge in [-0.1, -0.05) is 25.1 Å². The van der Waals surface area contributed by atoms with Crippen molar-refractivity contribution in [2.75, 3.05) is 38.4 Å². The van der Waals surface area contributed by atoms with Crippen LogP contribution in [0.5, 0.6) is 5.88 Å². The Kier molecular flexibility index (Phi) is 7.52. The van der Waals surface area contributed by atoms with Crippen LogP contribution in [0.3, 0.4) is 0 Å². The average molecular weight is 271 g/mol. The van der Waals surface area contributed by atoms with Crippen LogP contribution < -0.4 is 10.1 Å². The van der Waals surface area contributed by atoms with Gasteiger partial charge in [0.05, 0.1) is 6.61 Å². The summed E-state index contributed by atoms with van der Waals surface area (Å²) >= 11 is 1.49. The molecule has 0 amide bonds. The number of unbranched alkanes of at least 4 members (excludes halogenated alkanes) is 1. The Morgan fingerprint density at radius 1 is 1.28 bits per heavy atom. The second kappa shape index (κ2) is 8.99. The van der Waals surface area contributed by atoms with E-state index in [1.807, 2.05) is 13.3 Å². The monoisotopic (exact) mass is 271 g/mol. The van der Waals surface area contributed by atoms with Gasteiger partial charge in [0, 0.05) is 19.7 Å². The van der Waals surface area contributed by atoms with E-state index in [1.165, 1.54) is 11.8 Å². The van der Waals surface area contributed by atoms with Gasteiger partial charge in [-0.15, -0.1) is 0 Å². The van der Waals surface area contributed by atoms with E-state index in [0.717, 1.165) is 25.3 Å². The van der Waals surface area contributed by atoms with Gasteiger partial charge in [-0.3, -0.25) is 0 Å². The summed E-state index contributed by atoms with van der Waals surface area (Å²) in [6.45, 7) is 4.04. The Hall–Kier alpha value is -1.01. The van der Waals surface area contributed by atoms with Crippen LogP contribution in [0.2, 0.25) is 0 Å². The third kappa shape index (κ3) is 5.55. The summed E-state index contributed by atoms with van der Waals surface area (Å²) in [6, 6.07) is 1.78. The van der Waals surface area contributed by atoms with E-state index in [2.05, 4.69) is 22.2 Å². The van der Waals surface area contributed by atoms with Crippen LogP contribution in [0.1, 0.15) is 19.8 Å². The Morgan fingerprint density at radius 2 is 2.11 bits per heavy atom. The van der Waals surface area contributed by atoms with Gasteiger partial charge in [-0.25, -0.2) is 4.98 Å². The topological polar surface area (TPSA) is 56.3 Å². The molecule has 0 aliphatic carbocycles. The van der Waals surface area contributed by atoms with Crippen LogP contribution in [0.4, 0.5) is 5.82 Å². The van der Waals surface area contributed by atoms with Crippen LogP contribution >= 0.6 is 11.8 Å². The summed E-state index contributed by atoms with van der Waals surface area (Å²) in [5.74, 6) is 1.34. The van der Waals surface area contributed by atoms with Gasteiger partial charge in [0.25, 0.3) is 0 Å². The lowest BCUT2D eigenvalue weighted by molar-refractivity contribution is 0.0962. The first kappa shape index (κ1) is 15.0. The highest BCUT2D eigenvalue weighted by molar-refractivity contribution is 7.98. The number of anilines is 1. The molecule has 0 unspecified atom stereocenters. The lowest BCUT2D eigenvalue weighted by Crippen LogP contribution is -2.09. The molecular formula is C12H21N3O2S. The van der Waals surface area contributed by atoms with Crippen LogP contribution in [0.15, 0.2) is 11.2 Å². The molecule has 6 heteroatoms. The minimum atomic E-state index is 0.512. The minimum Gasteiger partial charge on any atom is -0.475 e. The van der Waals surface area contributed by atoms with Gasteiger partial charge >= 0.3 is 0 Å². The molecule has 0 saturated carbocycles. The van der Waals surface area contributed by atoms with E-state index >= 15 is 0 Å². The highest BCUT2D eigenvalue weighted by Gasteiger charge is 2.03. The molecule has 18 heavy (non-hydrogen) atoms. The molecular weight excluding hydrogens is 250 g/mol. The molecule has 0 aromatic carbocycles. The fourth-order valence-corrected chi connectivity index (χ4v) is 1.62. The molecule has 1 heterocycles. The first-order chi connectivity index (χ1) is 8.80. The molecule has 0 aliphatic heterocycles. The van der Waals surface area contributed by atoms with E-state index in [1.54, 1.807) is 6.07 Å². The fourth-order valence-electron chi connectivity index (χ4n) is 1.25. The lowest BCUT2D eigenvalue weighted by atomic mass is 10.4. The molecule has 0 bridgehead atoms. The summed E-state index contributed by atoms with van der Waals surface area (Å²) in [6.07, 6.45) is 4.18. The van der Waals surface area contributed by atoms with Crippen molar-refractivity contribution in [1.82, 2.24) is 9.97 Å². The average Bonchev–Trinajstić information content (AvgIpc) is 2.42. The van der Waals surface area contributed by atoms with Crippen molar-refractivity contribution in [1.29, 1.82) is 0 Å². The van der Waals surface area contributed by atoms with Gasteiger partial charge in [0.1, 0.15) is 12.4 Å². The molecule has 0 spiro atoms. The van der Waals surface area contributed by atoms with Crippen molar-refractivity contribution in [3.05, 3.63) is 6.07 Å². The highest BCUT2D eigenvalue weighted by atomic mass is 32.2. The molecule has 0 fully saturated rings. The van der Waals surface area contributed by atoms with Crippen molar-refractivity contribution in [3.8, 4) is 5.88 Å². The normalized spacial score (nSPS) is 10.4. The second-order valence-corrected chi connectivity index (χ2v) is 4.42. The SMILES string of the molecule is CCCCOCCOc1cc(NC)nc(SC)n1. The summed E-state index contributed by atoms with van der Waals surface area (Å²) in [5.41, 5.74) is 0. The van der Waals surface area contributed by atoms with Crippen molar-refractivity contribution in [2.45, 2.75) is 24.9 Å². The molecule has 0 atom stereocenters. The first-order valence-electron chi connectivity index (χ1n) is 6.11. The summed E-state index contributed by atoms with van der Waals surface area (Å²) in [7, 11) is 1.82. The molecule has 1 rings (SSSR count). The summed E-state index contributed by atoms with van der Waals surface area (Å²) in [4.78, 5) is 8.54. The van der Waals surface area contributed by atoms with Crippen LogP contribution in [0, 0.1) is 0 Å². The van der Waals surface area contributed by atoms with E-state index in [4.69, 9.17) is 9.47 Å². The molecule has 1 N–H and O–H groups in total. The third-order valence-corrected chi connectivity index (χ3v) is 2.79. The number of hydrogen-bond donors (Lipinski definition) is 1. The number of aromatic nitrogens is 2. The van der Waals surface area contributed by atoms with E-state index in [9.17, 15) is 0 Å². The number of nitrogens with zero attached hydrogens (tertiary/aromatic N) is 2. The number of hydrogen-bond acceptors (Lipinski definition) is 6. The Balaban J connectivity index is 2.36.